The zero-order chi connectivity index (χ0) is 23.7. The van der Waals surface area contributed by atoms with Crippen molar-refractivity contribution in [2.24, 2.45) is 0 Å². The second kappa shape index (κ2) is 8.67. The Bertz CT molecular complexity index is 1500. The van der Waals surface area contributed by atoms with Gasteiger partial charge in [0.05, 0.1) is 22.3 Å². The Morgan fingerprint density at radius 3 is 1.88 bits per heavy atom. The van der Waals surface area contributed by atoms with Crippen LogP contribution in [-0.2, 0) is 12.7 Å². The highest BCUT2D eigenvalue weighted by molar-refractivity contribution is 5.92. The average Bonchev–Trinajstić information content (AvgIpc) is 2.86. The first-order chi connectivity index (χ1) is 16.4. The van der Waals surface area contributed by atoms with Gasteiger partial charge >= 0.3 is 6.18 Å². The number of fused-ring (bicyclic) bond motifs is 1. The largest absolute Gasteiger partial charge is 0.416 e. The fraction of sp³-hybridized carbons (Fsp3) is 0.0690. The molecule has 5 heteroatoms. The van der Waals surface area contributed by atoms with E-state index in [2.05, 4.69) is 4.57 Å². The fourth-order valence-corrected chi connectivity index (χ4v) is 4.32. The average molecular weight is 455 g/mol. The van der Waals surface area contributed by atoms with Crippen LogP contribution in [0.5, 0.6) is 0 Å². The van der Waals surface area contributed by atoms with Gasteiger partial charge in [0.1, 0.15) is 0 Å². The third kappa shape index (κ3) is 4.01. The topological polar surface area (TPSA) is 22.0 Å². The van der Waals surface area contributed by atoms with Gasteiger partial charge in [-0.15, -0.1) is 0 Å². The smallest absolute Gasteiger partial charge is 0.335 e. The molecule has 0 N–H and O–H groups in total. The molecule has 0 unspecified atom stereocenters. The van der Waals surface area contributed by atoms with E-state index in [1.165, 1.54) is 12.1 Å². The fourth-order valence-electron chi connectivity index (χ4n) is 4.32. The van der Waals surface area contributed by atoms with E-state index >= 15 is 0 Å². The lowest BCUT2D eigenvalue weighted by atomic mass is 9.95. The third-order valence-electron chi connectivity index (χ3n) is 5.90. The van der Waals surface area contributed by atoms with Gasteiger partial charge < -0.3 is 4.57 Å². The number of rotatable bonds is 4. The molecule has 0 amide bonds. The lowest BCUT2D eigenvalue weighted by molar-refractivity contribution is -0.137. The summed E-state index contributed by atoms with van der Waals surface area (Å²) in [5, 5.41) is 0.521. The number of para-hydroxylation sites is 1. The van der Waals surface area contributed by atoms with E-state index in [0.717, 1.165) is 28.8 Å². The third-order valence-corrected chi connectivity index (χ3v) is 5.90. The van der Waals surface area contributed by atoms with Crippen molar-refractivity contribution >= 4 is 10.9 Å². The predicted octanol–water partition coefficient (Wildman–Crippen LogP) is 7.40. The van der Waals surface area contributed by atoms with Crippen molar-refractivity contribution in [3.63, 3.8) is 0 Å². The summed E-state index contributed by atoms with van der Waals surface area (Å²) in [6.07, 6.45) is -4.45. The van der Waals surface area contributed by atoms with Crippen LogP contribution in [0.4, 0.5) is 13.2 Å². The molecule has 0 saturated carbocycles. The van der Waals surface area contributed by atoms with Crippen molar-refractivity contribution in [1.82, 2.24) is 4.57 Å². The molecule has 5 rings (SSSR count). The standard InChI is InChI=1S/C29H20F3NO/c30-29(31,32)23-17-15-21(16-18-23)26-27(22-11-5-2-6-12-22)33(19-20-9-3-1-4-10-20)25-14-8-7-13-24(25)28(26)34/h1-18H,19H2. The molecule has 2 nitrogen and oxygen atoms in total. The molecule has 0 bridgehead atoms. The summed E-state index contributed by atoms with van der Waals surface area (Å²) in [7, 11) is 0. The number of pyridine rings is 1. The Hall–Kier alpha value is -4.12. The van der Waals surface area contributed by atoms with E-state index in [1.54, 1.807) is 12.1 Å². The number of hydrogen-bond acceptors (Lipinski definition) is 1. The first-order valence-corrected chi connectivity index (χ1v) is 10.9. The number of aromatic nitrogens is 1. The van der Waals surface area contributed by atoms with Gasteiger partial charge in [0.25, 0.3) is 0 Å². The van der Waals surface area contributed by atoms with Gasteiger partial charge in [-0.05, 0) is 41.0 Å². The SMILES string of the molecule is O=c1c(-c2ccc(C(F)(F)F)cc2)c(-c2ccccc2)n(Cc2ccccc2)c2ccccc12. The Morgan fingerprint density at radius 1 is 0.647 bits per heavy atom. The van der Waals surface area contributed by atoms with Gasteiger partial charge in [-0.1, -0.05) is 84.9 Å². The Morgan fingerprint density at radius 2 is 1.24 bits per heavy atom. The molecular formula is C29H20F3NO. The predicted molar refractivity (Wildman–Crippen MR) is 130 cm³/mol. The van der Waals surface area contributed by atoms with Crippen LogP contribution in [0, 0.1) is 0 Å². The van der Waals surface area contributed by atoms with Crippen molar-refractivity contribution in [3.05, 3.63) is 131 Å². The first kappa shape index (κ1) is 21.7. The summed E-state index contributed by atoms with van der Waals surface area (Å²) in [4.78, 5) is 13.8. The van der Waals surface area contributed by atoms with Crippen molar-refractivity contribution in [3.8, 4) is 22.4 Å². The monoisotopic (exact) mass is 455 g/mol. The minimum atomic E-state index is -4.45. The minimum Gasteiger partial charge on any atom is -0.335 e. The van der Waals surface area contributed by atoms with Gasteiger partial charge in [0.15, 0.2) is 5.43 Å². The normalized spacial score (nSPS) is 11.6. The molecule has 0 aliphatic heterocycles. The zero-order valence-corrected chi connectivity index (χ0v) is 18.1. The van der Waals surface area contributed by atoms with E-state index in [1.807, 2.05) is 72.8 Å². The van der Waals surface area contributed by atoms with E-state index in [-0.39, 0.29) is 5.43 Å². The quantitative estimate of drug-likeness (QED) is 0.277. The number of benzene rings is 4. The number of hydrogen-bond donors (Lipinski definition) is 0. The van der Waals surface area contributed by atoms with E-state index < -0.39 is 11.7 Å². The van der Waals surface area contributed by atoms with E-state index in [0.29, 0.717) is 28.8 Å². The van der Waals surface area contributed by atoms with Crippen LogP contribution in [0.1, 0.15) is 11.1 Å². The molecule has 0 fully saturated rings. The Kier molecular flexibility index (Phi) is 5.54. The van der Waals surface area contributed by atoms with Crippen LogP contribution >= 0.6 is 0 Å². The van der Waals surface area contributed by atoms with Crippen LogP contribution in [0.3, 0.4) is 0 Å². The highest BCUT2D eigenvalue weighted by atomic mass is 19.4. The maximum absolute atomic E-state index is 13.8. The summed E-state index contributed by atoms with van der Waals surface area (Å²) in [5.74, 6) is 0. The molecule has 4 aromatic carbocycles. The molecule has 1 aromatic heterocycles. The van der Waals surface area contributed by atoms with Crippen molar-refractivity contribution in [2.75, 3.05) is 0 Å². The Labute approximate surface area is 194 Å². The highest BCUT2D eigenvalue weighted by Gasteiger charge is 2.30. The minimum absolute atomic E-state index is 0.210. The molecule has 168 valence electrons. The van der Waals surface area contributed by atoms with Gasteiger partial charge in [-0.2, -0.15) is 13.2 Å². The maximum Gasteiger partial charge on any atom is 0.416 e. The van der Waals surface area contributed by atoms with Crippen LogP contribution in [0.2, 0.25) is 0 Å². The van der Waals surface area contributed by atoms with Gasteiger partial charge in [0.2, 0.25) is 0 Å². The summed E-state index contributed by atoms with van der Waals surface area (Å²) in [6.45, 7) is 0.499. The van der Waals surface area contributed by atoms with Gasteiger partial charge in [-0.25, -0.2) is 0 Å². The molecule has 0 aliphatic carbocycles. The van der Waals surface area contributed by atoms with Crippen LogP contribution in [0.25, 0.3) is 33.3 Å². The highest BCUT2D eigenvalue weighted by Crippen LogP contribution is 2.35. The van der Waals surface area contributed by atoms with E-state index in [9.17, 15) is 18.0 Å². The number of halogens is 3. The van der Waals surface area contributed by atoms with Crippen molar-refractivity contribution < 1.29 is 13.2 Å². The van der Waals surface area contributed by atoms with Crippen LogP contribution in [-0.4, -0.2) is 4.57 Å². The molecule has 0 saturated heterocycles. The molecule has 34 heavy (non-hydrogen) atoms. The molecule has 5 aromatic rings. The second-order valence-electron chi connectivity index (χ2n) is 8.08. The molecule has 1 heterocycles. The van der Waals surface area contributed by atoms with Crippen LogP contribution < -0.4 is 5.43 Å². The lowest BCUT2D eigenvalue weighted by Gasteiger charge is -2.21. The lowest BCUT2D eigenvalue weighted by Crippen LogP contribution is -2.17. The van der Waals surface area contributed by atoms with Crippen LogP contribution in [0.15, 0.2) is 114 Å². The summed E-state index contributed by atoms with van der Waals surface area (Å²) in [6, 6.07) is 31.6. The number of alkyl halides is 3. The number of nitrogens with zero attached hydrogens (tertiary/aromatic N) is 1. The molecular weight excluding hydrogens is 435 g/mol. The molecule has 0 aliphatic rings. The van der Waals surface area contributed by atoms with E-state index in [4.69, 9.17) is 0 Å². The molecule has 0 atom stereocenters. The van der Waals surface area contributed by atoms with Gasteiger partial charge in [0, 0.05) is 11.9 Å². The second-order valence-corrected chi connectivity index (χ2v) is 8.08. The Balaban J connectivity index is 1.86. The van der Waals surface area contributed by atoms with Crippen molar-refractivity contribution in [2.45, 2.75) is 12.7 Å². The maximum atomic E-state index is 13.8. The molecule has 0 spiro atoms. The first-order valence-electron chi connectivity index (χ1n) is 10.9. The summed E-state index contributed by atoms with van der Waals surface area (Å²) >= 11 is 0. The zero-order valence-electron chi connectivity index (χ0n) is 18.1. The summed E-state index contributed by atoms with van der Waals surface area (Å²) in [5.41, 5.74) is 3.18. The van der Waals surface area contributed by atoms with Gasteiger partial charge in [-0.3, -0.25) is 4.79 Å². The summed E-state index contributed by atoms with van der Waals surface area (Å²) < 4.78 is 41.7. The molecule has 0 radical (unpaired) electrons. The van der Waals surface area contributed by atoms with Crippen molar-refractivity contribution in [1.29, 1.82) is 0 Å².